The van der Waals surface area contributed by atoms with E-state index in [0.29, 0.717) is 11.3 Å². The third kappa shape index (κ3) is 3.23. The lowest BCUT2D eigenvalue weighted by atomic mass is 10.1. The van der Waals surface area contributed by atoms with Gasteiger partial charge in [0.15, 0.2) is 11.6 Å². The number of nitrogens with one attached hydrogen (secondary N) is 1. The van der Waals surface area contributed by atoms with E-state index >= 15 is 0 Å². The van der Waals surface area contributed by atoms with E-state index in [0.717, 1.165) is 6.07 Å². The Morgan fingerprint density at radius 1 is 1.17 bits per heavy atom. The van der Waals surface area contributed by atoms with Crippen molar-refractivity contribution in [1.82, 2.24) is 9.80 Å². The van der Waals surface area contributed by atoms with Crippen LogP contribution in [0.5, 0.6) is 5.75 Å². The highest BCUT2D eigenvalue weighted by molar-refractivity contribution is 6.17. The maximum Gasteiger partial charge on any atom is 0.353 e. The van der Waals surface area contributed by atoms with Crippen LogP contribution in [0.3, 0.4) is 0 Å². The van der Waals surface area contributed by atoms with Gasteiger partial charge in [-0.15, -0.1) is 0 Å². The van der Waals surface area contributed by atoms with E-state index in [1.165, 1.54) is 37.3 Å². The topological polar surface area (TPSA) is 69.5 Å². The van der Waals surface area contributed by atoms with Crippen LogP contribution < -0.4 is 10.1 Å². The maximum absolute atomic E-state index is 14.5. The lowest BCUT2D eigenvalue weighted by molar-refractivity contribution is 0.230. The van der Waals surface area contributed by atoms with Gasteiger partial charge in [0.2, 0.25) is 11.9 Å². The molecule has 7 nitrogen and oxygen atoms in total. The van der Waals surface area contributed by atoms with Gasteiger partial charge < -0.3 is 10.1 Å². The summed E-state index contributed by atoms with van der Waals surface area (Å²) < 4.78 is 47.0. The lowest BCUT2D eigenvalue weighted by Gasteiger charge is -2.35. The van der Waals surface area contributed by atoms with Gasteiger partial charge in [0.05, 0.1) is 19.7 Å². The van der Waals surface area contributed by atoms with E-state index in [9.17, 15) is 18.0 Å². The molecule has 0 saturated carbocycles. The number of fused-ring (bicyclic) bond motifs is 1. The molecule has 2 amide bonds. The normalized spacial score (nSPS) is 18.2. The number of amides is 2. The summed E-state index contributed by atoms with van der Waals surface area (Å²) in [7, 11) is 2.86. The van der Waals surface area contributed by atoms with Gasteiger partial charge in [0.25, 0.3) is 0 Å². The van der Waals surface area contributed by atoms with Crippen molar-refractivity contribution in [2.24, 2.45) is 9.98 Å². The van der Waals surface area contributed by atoms with E-state index < -0.39 is 29.5 Å². The minimum Gasteiger partial charge on any atom is -0.494 e. The number of urea groups is 1. The number of methoxy groups -OCH3 is 1. The van der Waals surface area contributed by atoms with Gasteiger partial charge >= 0.3 is 6.03 Å². The Bertz CT molecular complexity index is 1080. The summed E-state index contributed by atoms with van der Waals surface area (Å²) in [6.07, 6.45) is 0. The lowest BCUT2D eigenvalue weighted by Crippen LogP contribution is -2.53. The number of halogens is 3. The van der Waals surface area contributed by atoms with Crippen molar-refractivity contribution >= 4 is 23.6 Å². The van der Waals surface area contributed by atoms with Crippen LogP contribution in [0.1, 0.15) is 17.2 Å². The number of hydrogen-bond acceptors (Lipinski definition) is 5. The van der Waals surface area contributed by atoms with Crippen LogP contribution in [0.25, 0.3) is 0 Å². The molecule has 30 heavy (non-hydrogen) atoms. The molecule has 2 aromatic carbocycles. The first-order valence-electron chi connectivity index (χ1n) is 9.06. The van der Waals surface area contributed by atoms with Crippen LogP contribution in [-0.2, 0) is 0 Å². The zero-order chi connectivity index (χ0) is 21.6. The first kappa shape index (κ1) is 19.7. The highest BCUT2D eigenvalue weighted by Gasteiger charge is 2.40. The van der Waals surface area contributed by atoms with Crippen LogP contribution in [-0.4, -0.2) is 48.5 Å². The second-order valence-corrected chi connectivity index (χ2v) is 6.89. The number of ether oxygens (including phenoxy) is 1. The minimum absolute atomic E-state index is 0.0796. The second kappa shape index (κ2) is 7.36. The van der Waals surface area contributed by atoms with Crippen molar-refractivity contribution in [3.63, 3.8) is 0 Å². The molecule has 2 heterocycles. The Morgan fingerprint density at radius 3 is 2.53 bits per heavy atom. The van der Waals surface area contributed by atoms with Crippen molar-refractivity contribution in [3.05, 3.63) is 58.9 Å². The molecule has 0 fully saturated rings. The van der Waals surface area contributed by atoms with Crippen molar-refractivity contribution in [1.29, 1.82) is 0 Å². The molecule has 10 heteroatoms. The molecule has 0 bridgehead atoms. The van der Waals surface area contributed by atoms with Gasteiger partial charge in [0.1, 0.15) is 11.6 Å². The van der Waals surface area contributed by atoms with E-state index in [-0.39, 0.29) is 29.8 Å². The van der Waals surface area contributed by atoms with Gasteiger partial charge in [0, 0.05) is 24.4 Å². The maximum atomic E-state index is 14.5. The monoisotopic (exact) mass is 417 g/mol. The number of carbonyl (C=O) groups is 1. The molecular weight excluding hydrogens is 399 g/mol. The molecule has 1 N–H and O–H groups in total. The van der Waals surface area contributed by atoms with Crippen molar-refractivity contribution in [3.8, 4) is 5.75 Å². The first-order valence-corrected chi connectivity index (χ1v) is 9.06. The Hall–Kier alpha value is -3.56. The summed E-state index contributed by atoms with van der Waals surface area (Å²) >= 11 is 0. The van der Waals surface area contributed by atoms with E-state index in [4.69, 9.17) is 4.74 Å². The number of anilines is 1. The predicted octanol–water partition coefficient (Wildman–Crippen LogP) is 3.67. The molecule has 0 saturated heterocycles. The van der Waals surface area contributed by atoms with Crippen LogP contribution in [0.4, 0.5) is 23.7 Å². The van der Waals surface area contributed by atoms with Crippen LogP contribution in [0.2, 0.25) is 0 Å². The van der Waals surface area contributed by atoms with Crippen LogP contribution in [0, 0.1) is 24.4 Å². The predicted molar refractivity (Wildman–Crippen MR) is 105 cm³/mol. The van der Waals surface area contributed by atoms with Gasteiger partial charge in [-0.2, -0.15) is 4.99 Å². The summed E-state index contributed by atoms with van der Waals surface area (Å²) in [6, 6.07) is 5.05. The minimum atomic E-state index is -0.723. The molecule has 2 aliphatic rings. The van der Waals surface area contributed by atoms with Gasteiger partial charge in [-0.3, -0.25) is 9.80 Å². The number of nitrogens with zero attached hydrogens (tertiary/aromatic N) is 4. The third-order valence-electron chi connectivity index (χ3n) is 5.04. The number of aliphatic imine (C=N–C) groups is 2. The molecule has 4 rings (SSSR count). The number of guanidine groups is 2. The van der Waals surface area contributed by atoms with Gasteiger partial charge in [-0.05, 0) is 36.8 Å². The number of hydrogen-bond donors (Lipinski definition) is 1. The van der Waals surface area contributed by atoms with Gasteiger partial charge in [-0.1, -0.05) is 0 Å². The summed E-state index contributed by atoms with van der Waals surface area (Å²) in [4.78, 5) is 23.5. The fourth-order valence-electron chi connectivity index (χ4n) is 3.46. The SMILES string of the molecule is COc1ccc(NC2=NC(=O)N(C)C3=NCC(c4cc(F)cc(F)c4)N23)c(C)c1F. The molecule has 0 spiro atoms. The number of rotatable bonds is 3. The molecule has 1 atom stereocenters. The van der Waals surface area contributed by atoms with Crippen molar-refractivity contribution < 1.29 is 22.7 Å². The highest BCUT2D eigenvalue weighted by atomic mass is 19.1. The molecule has 1 unspecified atom stereocenters. The molecule has 2 aliphatic heterocycles. The highest BCUT2D eigenvalue weighted by Crippen LogP contribution is 2.33. The average Bonchev–Trinajstić information content (AvgIpc) is 3.14. The Morgan fingerprint density at radius 2 is 1.87 bits per heavy atom. The Balaban J connectivity index is 1.74. The summed E-state index contributed by atoms with van der Waals surface area (Å²) in [6.45, 7) is 1.71. The van der Waals surface area contributed by atoms with Crippen LogP contribution in [0.15, 0.2) is 40.3 Å². The molecule has 0 aromatic heterocycles. The fourth-order valence-corrected chi connectivity index (χ4v) is 3.46. The molecule has 0 aliphatic carbocycles. The zero-order valence-corrected chi connectivity index (χ0v) is 16.4. The van der Waals surface area contributed by atoms with Crippen molar-refractivity contribution in [2.75, 3.05) is 26.0 Å². The van der Waals surface area contributed by atoms with Crippen molar-refractivity contribution in [2.45, 2.75) is 13.0 Å². The van der Waals surface area contributed by atoms with E-state index in [2.05, 4.69) is 15.3 Å². The first-order chi connectivity index (χ1) is 14.3. The Kier molecular flexibility index (Phi) is 4.84. The molecular formula is C20H18F3N5O2. The largest absolute Gasteiger partial charge is 0.494 e. The van der Waals surface area contributed by atoms with E-state index in [1.54, 1.807) is 17.9 Å². The second-order valence-electron chi connectivity index (χ2n) is 6.89. The summed E-state index contributed by atoms with van der Waals surface area (Å²) in [5.41, 5.74) is 0.954. The quantitative estimate of drug-likeness (QED) is 0.828. The summed E-state index contributed by atoms with van der Waals surface area (Å²) in [5, 5.41) is 2.96. The third-order valence-corrected chi connectivity index (χ3v) is 5.04. The Labute approximate surface area is 170 Å². The summed E-state index contributed by atoms with van der Waals surface area (Å²) in [5.74, 6) is -1.56. The molecule has 0 radical (unpaired) electrons. The standard InChI is InChI=1S/C20H18F3N5O2/c1-10-14(4-5-16(30-3)17(10)23)25-18-26-20(29)27(2)19-24-9-15(28(18)19)11-6-12(21)8-13(22)7-11/h4-8,15H,9H2,1-3H3,(H,25,26,29). The van der Waals surface area contributed by atoms with Crippen LogP contribution >= 0.6 is 0 Å². The smallest absolute Gasteiger partial charge is 0.353 e. The fraction of sp³-hybridized carbons (Fsp3) is 0.250. The number of carbonyl (C=O) groups excluding carboxylic acids is 1. The molecule has 156 valence electrons. The van der Waals surface area contributed by atoms with E-state index in [1.807, 2.05) is 0 Å². The molecule has 2 aromatic rings. The number of benzene rings is 2. The van der Waals surface area contributed by atoms with Gasteiger partial charge in [-0.25, -0.2) is 23.0 Å². The average molecular weight is 417 g/mol. The zero-order valence-electron chi connectivity index (χ0n) is 16.4.